The standard InChI is InChI=1S/C14H11F3N2O3/c1-2-21-13(20)11-7-18-8-12(19-11)22-10-5-3-4-9(6-10)14(15,16)17/h3-8H,2H2,1H3. The van der Waals surface area contributed by atoms with Gasteiger partial charge in [-0.1, -0.05) is 6.07 Å². The first-order valence-corrected chi connectivity index (χ1v) is 6.24. The molecule has 0 N–H and O–H groups in total. The van der Waals surface area contributed by atoms with E-state index in [4.69, 9.17) is 9.47 Å². The number of hydrogen-bond donors (Lipinski definition) is 0. The molecule has 0 saturated carbocycles. The van der Waals surface area contributed by atoms with Gasteiger partial charge in [0.2, 0.25) is 5.88 Å². The molecule has 116 valence electrons. The molecule has 2 rings (SSSR count). The lowest BCUT2D eigenvalue weighted by atomic mass is 10.2. The van der Waals surface area contributed by atoms with Gasteiger partial charge in [0.15, 0.2) is 5.69 Å². The number of nitrogens with zero attached hydrogens (tertiary/aromatic N) is 2. The lowest BCUT2D eigenvalue weighted by Gasteiger charge is -2.09. The average molecular weight is 312 g/mol. The van der Waals surface area contributed by atoms with Crippen molar-refractivity contribution < 1.29 is 27.4 Å². The minimum atomic E-state index is -4.47. The first kappa shape index (κ1) is 15.7. The third-order valence-electron chi connectivity index (χ3n) is 2.48. The Hall–Kier alpha value is -2.64. The average Bonchev–Trinajstić information content (AvgIpc) is 2.47. The normalized spacial score (nSPS) is 11.1. The smallest absolute Gasteiger partial charge is 0.416 e. The molecule has 22 heavy (non-hydrogen) atoms. The maximum Gasteiger partial charge on any atom is 0.416 e. The van der Waals surface area contributed by atoms with E-state index in [-0.39, 0.29) is 23.9 Å². The van der Waals surface area contributed by atoms with Crippen molar-refractivity contribution in [1.82, 2.24) is 9.97 Å². The third kappa shape index (κ3) is 3.94. The maximum atomic E-state index is 12.6. The molecule has 0 aliphatic carbocycles. The quantitative estimate of drug-likeness (QED) is 0.809. The molecular formula is C14H11F3N2O3. The Morgan fingerprint density at radius 1 is 1.27 bits per heavy atom. The molecule has 0 saturated heterocycles. The summed E-state index contributed by atoms with van der Waals surface area (Å²) in [7, 11) is 0. The molecule has 2 aromatic rings. The van der Waals surface area contributed by atoms with E-state index in [2.05, 4.69) is 9.97 Å². The van der Waals surface area contributed by atoms with Crippen LogP contribution in [0, 0.1) is 0 Å². The van der Waals surface area contributed by atoms with Crippen LogP contribution >= 0.6 is 0 Å². The largest absolute Gasteiger partial charge is 0.461 e. The van der Waals surface area contributed by atoms with Crippen LogP contribution in [0.25, 0.3) is 0 Å². The van der Waals surface area contributed by atoms with Gasteiger partial charge in [-0.25, -0.2) is 9.78 Å². The molecule has 0 radical (unpaired) electrons. The number of rotatable bonds is 4. The molecule has 1 aromatic carbocycles. The zero-order chi connectivity index (χ0) is 16.2. The lowest BCUT2D eigenvalue weighted by Crippen LogP contribution is -2.08. The molecule has 1 aromatic heterocycles. The van der Waals surface area contributed by atoms with Crippen molar-refractivity contribution in [3.8, 4) is 11.6 Å². The zero-order valence-electron chi connectivity index (χ0n) is 11.4. The third-order valence-corrected chi connectivity index (χ3v) is 2.48. The molecule has 0 aliphatic rings. The van der Waals surface area contributed by atoms with Crippen LogP contribution in [0.5, 0.6) is 11.6 Å². The molecule has 8 heteroatoms. The monoisotopic (exact) mass is 312 g/mol. The molecule has 1 heterocycles. The zero-order valence-corrected chi connectivity index (χ0v) is 11.4. The van der Waals surface area contributed by atoms with E-state index < -0.39 is 17.7 Å². The van der Waals surface area contributed by atoms with Crippen LogP contribution < -0.4 is 4.74 Å². The van der Waals surface area contributed by atoms with Gasteiger partial charge in [0, 0.05) is 0 Å². The Morgan fingerprint density at radius 2 is 2.05 bits per heavy atom. The summed E-state index contributed by atoms with van der Waals surface area (Å²) < 4.78 is 47.8. The summed E-state index contributed by atoms with van der Waals surface area (Å²) in [4.78, 5) is 19.1. The molecule has 0 amide bonds. The van der Waals surface area contributed by atoms with Gasteiger partial charge >= 0.3 is 12.1 Å². The van der Waals surface area contributed by atoms with Crippen molar-refractivity contribution in [2.24, 2.45) is 0 Å². The number of ether oxygens (including phenoxy) is 2. The predicted molar refractivity (Wildman–Crippen MR) is 69.5 cm³/mol. The van der Waals surface area contributed by atoms with E-state index in [1.54, 1.807) is 6.92 Å². The van der Waals surface area contributed by atoms with Gasteiger partial charge in [-0.05, 0) is 25.1 Å². The van der Waals surface area contributed by atoms with Gasteiger partial charge in [0.1, 0.15) is 5.75 Å². The molecule has 0 bridgehead atoms. The topological polar surface area (TPSA) is 61.3 Å². The first-order chi connectivity index (χ1) is 10.4. The highest BCUT2D eigenvalue weighted by Crippen LogP contribution is 2.32. The van der Waals surface area contributed by atoms with E-state index in [0.717, 1.165) is 12.1 Å². The number of carbonyl (C=O) groups excluding carboxylic acids is 1. The number of alkyl halides is 3. The Balaban J connectivity index is 2.21. The summed E-state index contributed by atoms with van der Waals surface area (Å²) in [6, 6.07) is 4.31. The lowest BCUT2D eigenvalue weighted by molar-refractivity contribution is -0.137. The van der Waals surface area contributed by atoms with Crippen molar-refractivity contribution >= 4 is 5.97 Å². The molecule has 0 fully saturated rings. The van der Waals surface area contributed by atoms with Crippen LogP contribution in [0.3, 0.4) is 0 Å². The van der Waals surface area contributed by atoms with E-state index in [1.165, 1.54) is 24.5 Å². The predicted octanol–water partition coefficient (Wildman–Crippen LogP) is 3.46. The molecule has 0 aliphatic heterocycles. The van der Waals surface area contributed by atoms with E-state index >= 15 is 0 Å². The van der Waals surface area contributed by atoms with Gasteiger partial charge < -0.3 is 9.47 Å². The molecular weight excluding hydrogens is 301 g/mol. The van der Waals surface area contributed by atoms with E-state index in [0.29, 0.717) is 0 Å². The highest BCUT2D eigenvalue weighted by molar-refractivity contribution is 5.86. The van der Waals surface area contributed by atoms with Crippen LogP contribution in [-0.2, 0) is 10.9 Å². The van der Waals surface area contributed by atoms with Crippen LogP contribution in [0.4, 0.5) is 13.2 Å². The van der Waals surface area contributed by atoms with Crippen molar-refractivity contribution in [3.05, 3.63) is 47.9 Å². The Morgan fingerprint density at radius 3 is 2.73 bits per heavy atom. The van der Waals surface area contributed by atoms with Gasteiger partial charge in [-0.15, -0.1) is 0 Å². The number of hydrogen-bond acceptors (Lipinski definition) is 5. The second-order valence-electron chi connectivity index (χ2n) is 4.09. The first-order valence-electron chi connectivity index (χ1n) is 6.24. The number of esters is 1. The van der Waals surface area contributed by atoms with Crippen LogP contribution in [0.15, 0.2) is 36.7 Å². The Kier molecular flexibility index (Phi) is 4.59. The fourth-order valence-corrected chi connectivity index (χ4v) is 1.56. The number of aromatic nitrogens is 2. The highest BCUT2D eigenvalue weighted by Gasteiger charge is 2.30. The summed E-state index contributed by atoms with van der Waals surface area (Å²) in [5.41, 5.74) is -0.939. The minimum Gasteiger partial charge on any atom is -0.461 e. The second kappa shape index (κ2) is 6.42. The van der Waals surface area contributed by atoms with Gasteiger partial charge in [-0.3, -0.25) is 4.98 Å². The molecule has 0 spiro atoms. The number of carbonyl (C=O) groups is 1. The summed E-state index contributed by atoms with van der Waals surface area (Å²) in [6.45, 7) is 1.80. The maximum absolute atomic E-state index is 12.6. The van der Waals surface area contributed by atoms with Crippen LogP contribution in [-0.4, -0.2) is 22.5 Å². The molecule has 0 atom stereocenters. The summed E-state index contributed by atoms with van der Waals surface area (Å²) >= 11 is 0. The SMILES string of the molecule is CCOC(=O)c1cncc(Oc2cccc(C(F)(F)F)c2)n1. The fraction of sp³-hybridized carbons (Fsp3) is 0.214. The van der Waals surface area contributed by atoms with Gasteiger partial charge in [0.05, 0.1) is 24.6 Å². The highest BCUT2D eigenvalue weighted by atomic mass is 19.4. The van der Waals surface area contributed by atoms with Crippen LogP contribution in [0.1, 0.15) is 23.0 Å². The van der Waals surface area contributed by atoms with Crippen molar-refractivity contribution in [1.29, 1.82) is 0 Å². The van der Waals surface area contributed by atoms with Crippen molar-refractivity contribution in [2.75, 3.05) is 6.61 Å². The summed E-state index contributed by atoms with van der Waals surface area (Å²) in [5, 5.41) is 0. The summed E-state index contributed by atoms with van der Waals surface area (Å²) in [6.07, 6.45) is -2.11. The Bertz CT molecular complexity index is 674. The number of benzene rings is 1. The minimum absolute atomic E-state index is 0.0647. The van der Waals surface area contributed by atoms with Gasteiger partial charge in [0.25, 0.3) is 0 Å². The second-order valence-corrected chi connectivity index (χ2v) is 4.09. The van der Waals surface area contributed by atoms with Crippen molar-refractivity contribution in [2.45, 2.75) is 13.1 Å². The van der Waals surface area contributed by atoms with Crippen molar-refractivity contribution in [3.63, 3.8) is 0 Å². The summed E-state index contributed by atoms with van der Waals surface area (Å²) in [5.74, 6) is -0.862. The van der Waals surface area contributed by atoms with Crippen LogP contribution in [0.2, 0.25) is 0 Å². The Labute approximate surface area is 123 Å². The number of halogens is 3. The molecule has 5 nitrogen and oxygen atoms in total. The van der Waals surface area contributed by atoms with Gasteiger partial charge in [-0.2, -0.15) is 13.2 Å². The molecule has 0 unspecified atom stereocenters. The van der Waals surface area contributed by atoms with E-state index in [9.17, 15) is 18.0 Å². The van der Waals surface area contributed by atoms with E-state index in [1.807, 2.05) is 0 Å². The fourth-order valence-electron chi connectivity index (χ4n) is 1.56.